The lowest BCUT2D eigenvalue weighted by Gasteiger charge is -2.30. The first-order valence-corrected chi connectivity index (χ1v) is 5.70. The van der Waals surface area contributed by atoms with Gasteiger partial charge >= 0.3 is 0 Å². The molecule has 0 saturated carbocycles. The average molecular weight is 213 g/mol. The van der Waals surface area contributed by atoms with E-state index in [9.17, 15) is 0 Å². The maximum Gasteiger partial charge on any atom is 0.147 e. The Balaban J connectivity index is 2.29. The molecule has 0 fully saturated rings. The molecule has 2 atom stereocenters. The molecule has 2 heteroatoms. The molecular formula is C14H15NO. The van der Waals surface area contributed by atoms with Crippen molar-refractivity contribution in [1.29, 1.82) is 0 Å². The molecule has 82 valence electrons. The highest BCUT2D eigenvalue weighted by atomic mass is 16.5. The van der Waals surface area contributed by atoms with E-state index in [2.05, 4.69) is 48.6 Å². The molecule has 0 unspecified atom stereocenters. The smallest absolute Gasteiger partial charge is 0.147 e. The van der Waals surface area contributed by atoms with Crippen LogP contribution in [0.3, 0.4) is 0 Å². The van der Waals surface area contributed by atoms with Gasteiger partial charge in [-0.1, -0.05) is 30.3 Å². The van der Waals surface area contributed by atoms with Crippen LogP contribution in [0.5, 0.6) is 5.75 Å². The molecule has 1 heterocycles. The van der Waals surface area contributed by atoms with Crippen molar-refractivity contribution in [3.63, 3.8) is 0 Å². The Morgan fingerprint density at radius 1 is 1.06 bits per heavy atom. The molecule has 0 spiro atoms. The SMILES string of the molecule is C[C@@H]1N[C@H](C)c2c(ccc3ccccc23)O1. The van der Waals surface area contributed by atoms with Crippen molar-refractivity contribution in [3.05, 3.63) is 42.0 Å². The number of benzene rings is 2. The second kappa shape index (κ2) is 3.49. The second-order valence-electron chi connectivity index (χ2n) is 4.35. The van der Waals surface area contributed by atoms with Crippen molar-refractivity contribution >= 4 is 10.8 Å². The fraction of sp³-hybridized carbons (Fsp3) is 0.286. The Hall–Kier alpha value is -1.54. The second-order valence-corrected chi connectivity index (χ2v) is 4.35. The van der Waals surface area contributed by atoms with Gasteiger partial charge in [0.1, 0.15) is 12.0 Å². The molecular weight excluding hydrogens is 198 g/mol. The summed E-state index contributed by atoms with van der Waals surface area (Å²) in [5, 5.41) is 5.96. The van der Waals surface area contributed by atoms with Gasteiger partial charge in [-0.25, -0.2) is 0 Å². The summed E-state index contributed by atoms with van der Waals surface area (Å²) < 4.78 is 5.80. The van der Waals surface area contributed by atoms with Crippen LogP contribution >= 0.6 is 0 Å². The Bertz CT molecular complexity index is 535. The molecule has 0 aliphatic carbocycles. The summed E-state index contributed by atoms with van der Waals surface area (Å²) in [6.45, 7) is 4.22. The highest BCUT2D eigenvalue weighted by molar-refractivity contribution is 5.88. The molecule has 1 aliphatic rings. The molecule has 2 aromatic carbocycles. The van der Waals surface area contributed by atoms with Gasteiger partial charge in [0, 0.05) is 11.6 Å². The largest absolute Gasteiger partial charge is 0.475 e. The van der Waals surface area contributed by atoms with E-state index in [-0.39, 0.29) is 6.23 Å². The Kier molecular flexibility index (Phi) is 2.11. The van der Waals surface area contributed by atoms with E-state index in [1.54, 1.807) is 0 Å². The molecule has 0 amide bonds. The number of ether oxygens (including phenoxy) is 1. The van der Waals surface area contributed by atoms with Crippen molar-refractivity contribution in [2.75, 3.05) is 0 Å². The van der Waals surface area contributed by atoms with Crippen LogP contribution in [0.4, 0.5) is 0 Å². The molecule has 1 aliphatic heterocycles. The van der Waals surface area contributed by atoms with Gasteiger partial charge in [-0.3, -0.25) is 5.32 Å². The highest BCUT2D eigenvalue weighted by Gasteiger charge is 2.23. The predicted octanol–water partition coefficient (Wildman–Crippen LogP) is 3.23. The minimum Gasteiger partial charge on any atom is -0.475 e. The summed E-state index contributed by atoms with van der Waals surface area (Å²) >= 11 is 0. The van der Waals surface area contributed by atoms with E-state index in [0.717, 1.165) is 5.75 Å². The van der Waals surface area contributed by atoms with Gasteiger partial charge in [0.25, 0.3) is 0 Å². The van der Waals surface area contributed by atoms with Gasteiger partial charge < -0.3 is 4.74 Å². The monoisotopic (exact) mass is 213 g/mol. The van der Waals surface area contributed by atoms with Crippen molar-refractivity contribution in [2.45, 2.75) is 26.1 Å². The van der Waals surface area contributed by atoms with Gasteiger partial charge in [0.15, 0.2) is 0 Å². The van der Waals surface area contributed by atoms with E-state index in [1.807, 2.05) is 6.92 Å². The average Bonchev–Trinajstić information content (AvgIpc) is 2.28. The van der Waals surface area contributed by atoms with E-state index >= 15 is 0 Å². The Morgan fingerprint density at radius 3 is 2.75 bits per heavy atom. The summed E-state index contributed by atoms with van der Waals surface area (Å²) in [5.74, 6) is 1.01. The standard InChI is InChI=1S/C14H15NO/c1-9-14-12-6-4-3-5-11(12)7-8-13(14)16-10(2)15-9/h3-10,15H,1-2H3/t9-,10-/m1/s1. The molecule has 2 nitrogen and oxygen atoms in total. The van der Waals surface area contributed by atoms with E-state index in [1.165, 1.54) is 16.3 Å². The van der Waals surface area contributed by atoms with Crippen LogP contribution < -0.4 is 10.1 Å². The summed E-state index contributed by atoms with van der Waals surface area (Å²) in [7, 11) is 0. The number of nitrogens with one attached hydrogen (secondary N) is 1. The zero-order valence-electron chi connectivity index (χ0n) is 9.53. The quantitative estimate of drug-likeness (QED) is 0.725. The molecule has 1 N–H and O–H groups in total. The van der Waals surface area contributed by atoms with Crippen molar-refractivity contribution in [2.24, 2.45) is 0 Å². The molecule has 2 aromatic rings. The predicted molar refractivity (Wildman–Crippen MR) is 65.6 cm³/mol. The maximum absolute atomic E-state index is 5.80. The first-order valence-electron chi connectivity index (χ1n) is 5.70. The molecule has 0 radical (unpaired) electrons. The van der Waals surface area contributed by atoms with Crippen LogP contribution in [-0.4, -0.2) is 6.23 Å². The van der Waals surface area contributed by atoms with Gasteiger partial charge in [-0.05, 0) is 30.7 Å². The molecule has 0 saturated heterocycles. The number of hydrogen-bond acceptors (Lipinski definition) is 2. The third kappa shape index (κ3) is 1.38. The maximum atomic E-state index is 5.80. The van der Waals surface area contributed by atoms with Gasteiger partial charge in [0.2, 0.25) is 0 Å². The third-order valence-corrected chi connectivity index (χ3v) is 3.15. The summed E-state index contributed by atoms with van der Waals surface area (Å²) in [5.41, 5.74) is 1.27. The summed E-state index contributed by atoms with van der Waals surface area (Å²) in [4.78, 5) is 0. The van der Waals surface area contributed by atoms with Crippen molar-refractivity contribution < 1.29 is 4.74 Å². The lowest BCUT2D eigenvalue weighted by atomic mass is 9.97. The number of hydrogen-bond donors (Lipinski definition) is 1. The Labute approximate surface area is 95.2 Å². The fourth-order valence-corrected chi connectivity index (χ4v) is 2.48. The van der Waals surface area contributed by atoms with Crippen molar-refractivity contribution in [1.82, 2.24) is 5.32 Å². The van der Waals surface area contributed by atoms with Crippen LogP contribution in [0.15, 0.2) is 36.4 Å². The highest BCUT2D eigenvalue weighted by Crippen LogP contribution is 2.36. The first-order chi connectivity index (χ1) is 7.75. The fourth-order valence-electron chi connectivity index (χ4n) is 2.48. The summed E-state index contributed by atoms with van der Waals surface area (Å²) in [6.07, 6.45) is 0.0867. The van der Waals surface area contributed by atoms with Crippen molar-refractivity contribution in [3.8, 4) is 5.75 Å². The molecule has 0 aromatic heterocycles. The van der Waals surface area contributed by atoms with Gasteiger partial charge in [0.05, 0.1) is 0 Å². The van der Waals surface area contributed by atoms with Crippen LogP contribution in [0.2, 0.25) is 0 Å². The van der Waals surface area contributed by atoms with Crippen LogP contribution in [0, 0.1) is 0 Å². The normalized spacial score (nSPS) is 23.9. The van der Waals surface area contributed by atoms with E-state index < -0.39 is 0 Å². The molecule has 16 heavy (non-hydrogen) atoms. The van der Waals surface area contributed by atoms with E-state index in [4.69, 9.17) is 4.74 Å². The first kappa shape index (κ1) is 9.67. The Morgan fingerprint density at radius 2 is 1.88 bits per heavy atom. The molecule has 0 bridgehead atoms. The van der Waals surface area contributed by atoms with Gasteiger partial charge in [-0.15, -0.1) is 0 Å². The van der Waals surface area contributed by atoms with Crippen LogP contribution in [-0.2, 0) is 0 Å². The molecule has 3 rings (SSSR count). The summed E-state index contributed by atoms with van der Waals surface area (Å²) in [6, 6.07) is 13.0. The number of rotatable bonds is 0. The lowest BCUT2D eigenvalue weighted by molar-refractivity contribution is 0.145. The van der Waals surface area contributed by atoms with Crippen LogP contribution in [0.1, 0.15) is 25.5 Å². The zero-order chi connectivity index (χ0) is 11.1. The van der Waals surface area contributed by atoms with Gasteiger partial charge in [-0.2, -0.15) is 0 Å². The minimum atomic E-state index is 0.0867. The number of fused-ring (bicyclic) bond motifs is 3. The zero-order valence-corrected chi connectivity index (χ0v) is 9.53. The van der Waals surface area contributed by atoms with Crippen LogP contribution in [0.25, 0.3) is 10.8 Å². The lowest BCUT2D eigenvalue weighted by Crippen LogP contribution is -2.38. The minimum absolute atomic E-state index is 0.0867. The third-order valence-electron chi connectivity index (χ3n) is 3.15. The topological polar surface area (TPSA) is 21.3 Å². The van der Waals surface area contributed by atoms with E-state index in [0.29, 0.717) is 6.04 Å².